The largest absolute Gasteiger partial charge is 0.469 e. The summed E-state index contributed by atoms with van der Waals surface area (Å²) in [5.41, 5.74) is 7.51. The number of nitrogens with zero attached hydrogens (tertiary/aromatic N) is 1. The molecular weight excluding hydrogens is 224 g/mol. The van der Waals surface area contributed by atoms with Crippen molar-refractivity contribution in [2.24, 2.45) is 11.7 Å². The Bertz CT molecular complexity index is 372. The minimum Gasteiger partial charge on any atom is -0.469 e. The second kappa shape index (κ2) is 5.89. The van der Waals surface area contributed by atoms with Crippen LogP contribution in [-0.4, -0.2) is 24.5 Å². The van der Waals surface area contributed by atoms with Crippen molar-refractivity contribution < 1.29 is 4.42 Å². The Balaban J connectivity index is 1.93. The topological polar surface area (TPSA) is 42.4 Å². The Morgan fingerprint density at radius 3 is 3.00 bits per heavy atom. The van der Waals surface area contributed by atoms with Gasteiger partial charge in [-0.2, -0.15) is 0 Å². The standard InChI is InChI=1S/C15H26N2O/c1-11(2)13(16)7-9-17(3)14-5-4-6-15-12(14)8-10-18-15/h8,10-11,13-14H,4-7,9,16H2,1-3H3. The van der Waals surface area contributed by atoms with Crippen molar-refractivity contribution in [1.29, 1.82) is 0 Å². The molecule has 0 spiro atoms. The van der Waals surface area contributed by atoms with Crippen LogP contribution in [0.25, 0.3) is 0 Å². The zero-order valence-electron chi connectivity index (χ0n) is 11.9. The molecule has 3 nitrogen and oxygen atoms in total. The van der Waals surface area contributed by atoms with Crippen LogP contribution in [0.15, 0.2) is 16.7 Å². The molecule has 3 heteroatoms. The fourth-order valence-corrected chi connectivity index (χ4v) is 2.76. The van der Waals surface area contributed by atoms with Crippen LogP contribution in [-0.2, 0) is 6.42 Å². The first-order valence-electron chi connectivity index (χ1n) is 7.11. The molecule has 0 amide bonds. The van der Waals surface area contributed by atoms with Crippen LogP contribution in [0.2, 0.25) is 0 Å². The van der Waals surface area contributed by atoms with Gasteiger partial charge in [0.05, 0.1) is 6.26 Å². The van der Waals surface area contributed by atoms with Crippen molar-refractivity contribution in [2.45, 2.75) is 51.6 Å². The molecule has 0 fully saturated rings. The van der Waals surface area contributed by atoms with Crippen molar-refractivity contribution in [2.75, 3.05) is 13.6 Å². The van der Waals surface area contributed by atoms with Crippen LogP contribution in [0, 0.1) is 5.92 Å². The van der Waals surface area contributed by atoms with Crippen molar-refractivity contribution in [3.63, 3.8) is 0 Å². The summed E-state index contributed by atoms with van der Waals surface area (Å²) in [5, 5.41) is 0. The van der Waals surface area contributed by atoms with E-state index in [-0.39, 0.29) is 0 Å². The maximum atomic E-state index is 6.12. The fraction of sp³-hybridized carbons (Fsp3) is 0.733. The number of hydrogen-bond donors (Lipinski definition) is 1. The Labute approximate surface area is 110 Å². The lowest BCUT2D eigenvalue weighted by Gasteiger charge is -2.32. The van der Waals surface area contributed by atoms with Crippen LogP contribution in [0.3, 0.4) is 0 Å². The molecule has 102 valence electrons. The molecule has 1 aliphatic rings. The molecule has 0 radical (unpaired) electrons. The van der Waals surface area contributed by atoms with Gasteiger partial charge in [-0.25, -0.2) is 0 Å². The van der Waals surface area contributed by atoms with Gasteiger partial charge in [-0.1, -0.05) is 13.8 Å². The van der Waals surface area contributed by atoms with Gasteiger partial charge in [0.2, 0.25) is 0 Å². The molecule has 1 aromatic rings. The minimum atomic E-state index is 0.305. The number of aryl methyl sites for hydroxylation is 1. The van der Waals surface area contributed by atoms with E-state index < -0.39 is 0 Å². The molecule has 1 heterocycles. The Morgan fingerprint density at radius 2 is 2.28 bits per heavy atom. The van der Waals surface area contributed by atoms with Gasteiger partial charge in [-0.3, -0.25) is 4.90 Å². The first kappa shape index (κ1) is 13.6. The molecule has 0 aromatic carbocycles. The summed E-state index contributed by atoms with van der Waals surface area (Å²) in [6.07, 6.45) is 6.46. The molecule has 0 saturated carbocycles. The number of hydrogen-bond acceptors (Lipinski definition) is 3. The van der Waals surface area contributed by atoms with Gasteiger partial charge in [-0.05, 0) is 44.8 Å². The number of rotatable bonds is 5. The van der Waals surface area contributed by atoms with Crippen LogP contribution in [0.4, 0.5) is 0 Å². The van der Waals surface area contributed by atoms with E-state index in [4.69, 9.17) is 10.2 Å². The fourth-order valence-electron chi connectivity index (χ4n) is 2.76. The van der Waals surface area contributed by atoms with Gasteiger partial charge in [0.1, 0.15) is 5.76 Å². The molecule has 1 aliphatic carbocycles. The summed E-state index contributed by atoms with van der Waals surface area (Å²) < 4.78 is 5.55. The molecule has 18 heavy (non-hydrogen) atoms. The summed E-state index contributed by atoms with van der Waals surface area (Å²) in [6, 6.07) is 2.96. The second-order valence-electron chi connectivity index (χ2n) is 5.88. The third-order valence-electron chi connectivity index (χ3n) is 4.22. The highest BCUT2D eigenvalue weighted by Gasteiger charge is 2.25. The molecule has 0 bridgehead atoms. The van der Waals surface area contributed by atoms with Gasteiger partial charge < -0.3 is 10.2 Å². The van der Waals surface area contributed by atoms with Crippen molar-refractivity contribution in [1.82, 2.24) is 4.90 Å². The Hall–Kier alpha value is -0.800. The predicted octanol–water partition coefficient (Wildman–Crippen LogP) is 2.96. The Kier molecular flexibility index (Phi) is 4.46. The van der Waals surface area contributed by atoms with Crippen LogP contribution >= 0.6 is 0 Å². The quantitative estimate of drug-likeness (QED) is 0.873. The average Bonchev–Trinajstić information content (AvgIpc) is 2.83. The third-order valence-corrected chi connectivity index (χ3v) is 4.22. The molecule has 0 saturated heterocycles. The van der Waals surface area contributed by atoms with E-state index in [1.165, 1.54) is 24.2 Å². The highest BCUT2D eigenvalue weighted by molar-refractivity contribution is 5.24. The first-order valence-corrected chi connectivity index (χ1v) is 7.11. The summed E-state index contributed by atoms with van der Waals surface area (Å²) >= 11 is 0. The van der Waals surface area contributed by atoms with Crippen molar-refractivity contribution >= 4 is 0 Å². The van der Waals surface area contributed by atoms with Gasteiger partial charge in [-0.15, -0.1) is 0 Å². The molecule has 1 aromatic heterocycles. The van der Waals surface area contributed by atoms with E-state index >= 15 is 0 Å². The van der Waals surface area contributed by atoms with E-state index in [2.05, 4.69) is 31.9 Å². The van der Waals surface area contributed by atoms with E-state index in [1.54, 1.807) is 0 Å². The lowest BCUT2D eigenvalue weighted by atomic mass is 9.92. The van der Waals surface area contributed by atoms with Crippen LogP contribution in [0.5, 0.6) is 0 Å². The lowest BCUT2D eigenvalue weighted by Crippen LogP contribution is -2.34. The van der Waals surface area contributed by atoms with Crippen molar-refractivity contribution in [3.8, 4) is 0 Å². The van der Waals surface area contributed by atoms with Gasteiger partial charge in [0, 0.05) is 24.1 Å². The van der Waals surface area contributed by atoms with Gasteiger partial charge in [0.25, 0.3) is 0 Å². The van der Waals surface area contributed by atoms with Crippen LogP contribution < -0.4 is 5.73 Å². The van der Waals surface area contributed by atoms with E-state index in [9.17, 15) is 0 Å². The van der Waals surface area contributed by atoms with Gasteiger partial charge >= 0.3 is 0 Å². The molecule has 2 atom stereocenters. The molecular formula is C15H26N2O. The zero-order chi connectivity index (χ0) is 13.1. The highest BCUT2D eigenvalue weighted by Crippen LogP contribution is 2.34. The molecule has 2 N–H and O–H groups in total. The SMILES string of the molecule is CC(C)C(N)CCN(C)C1CCCc2occc21. The molecule has 2 unspecified atom stereocenters. The van der Waals surface area contributed by atoms with E-state index in [0.29, 0.717) is 18.0 Å². The van der Waals surface area contributed by atoms with E-state index in [0.717, 1.165) is 19.4 Å². The summed E-state index contributed by atoms with van der Waals surface area (Å²) in [6.45, 7) is 5.45. The minimum absolute atomic E-state index is 0.305. The second-order valence-corrected chi connectivity index (χ2v) is 5.88. The van der Waals surface area contributed by atoms with Crippen molar-refractivity contribution in [3.05, 3.63) is 23.7 Å². The Morgan fingerprint density at radius 1 is 1.50 bits per heavy atom. The normalized spacial score (nSPS) is 21.3. The highest BCUT2D eigenvalue weighted by atomic mass is 16.3. The predicted molar refractivity (Wildman–Crippen MR) is 74.4 cm³/mol. The number of fused-ring (bicyclic) bond motifs is 1. The maximum absolute atomic E-state index is 6.12. The average molecular weight is 250 g/mol. The van der Waals surface area contributed by atoms with Gasteiger partial charge in [0.15, 0.2) is 0 Å². The number of nitrogens with two attached hydrogens (primary N) is 1. The smallest absolute Gasteiger partial charge is 0.108 e. The monoisotopic (exact) mass is 250 g/mol. The first-order chi connectivity index (χ1) is 8.59. The maximum Gasteiger partial charge on any atom is 0.108 e. The summed E-state index contributed by atoms with van der Waals surface area (Å²) in [5.74, 6) is 1.75. The van der Waals surface area contributed by atoms with Crippen LogP contribution in [0.1, 0.15) is 50.5 Å². The van der Waals surface area contributed by atoms with E-state index in [1.807, 2.05) is 6.26 Å². The molecule has 2 rings (SSSR count). The third kappa shape index (κ3) is 2.96. The lowest BCUT2D eigenvalue weighted by molar-refractivity contribution is 0.204. The summed E-state index contributed by atoms with van der Waals surface area (Å²) in [4.78, 5) is 2.44. The number of furan rings is 1. The molecule has 0 aliphatic heterocycles. The zero-order valence-corrected chi connectivity index (χ0v) is 11.9. The summed E-state index contributed by atoms with van der Waals surface area (Å²) in [7, 11) is 2.21.